The van der Waals surface area contributed by atoms with Crippen molar-refractivity contribution in [1.82, 2.24) is 9.97 Å². The predicted molar refractivity (Wildman–Crippen MR) is 194 cm³/mol. The van der Waals surface area contributed by atoms with Gasteiger partial charge in [0.1, 0.15) is 0 Å². The van der Waals surface area contributed by atoms with Crippen LogP contribution in [-0.4, -0.2) is 9.97 Å². The average molecular weight is 585 g/mol. The molecule has 0 aliphatic rings. The number of hydrogen-bond donors (Lipinski definition) is 0. The maximum Gasteiger partial charge on any atom is 0.0794 e. The van der Waals surface area contributed by atoms with Gasteiger partial charge in [-0.1, -0.05) is 127 Å². The second-order valence-corrected chi connectivity index (χ2v) is 11.8. The highest BCUT2D eigenvalue weighted by molar-refractivity contribution is 6.16. The van der Waals surface area contributed by atoms with E-state index in [1.54, 1.807) is 0 Å². The van der Waals surface area contributed by atoms with Gasteiger partial charge in [0, 0.05) is 28.1 Å². The van der Waals surface area contributed by atoms with Gasteiger partial charge in [0.2, 0.25) is 0 Å². The van der Waals surface area contributed by atoms with Crippen LogP contribution in [0.1, 0.15) is 0 Å². The first kappa shape index (κ1) is 26.3. The quantitative estimate of drug-likeness (QED) is 0.192. The lowest BCUT2D eigenvalue weighted by Crippen LogP contribution is -1.94. The number of aromatic nitrogens is 2. The fourth-order valence-corrected chi connectivity index (χ4v) is 6.74. The molecule has 0 unspecified atom stereocenters. The summed E-state index contributed by atoms with van der Waals surface area (Å²) >= 11 is 0. The van der Waals surface area contributed by atoms with Crippen LogP contribution in [0.25, 0.3) is 88.0 Å². The van der Waals surface area contributed by atoms with Crippen molar-refractivity contribution < 1.29 is 0 Å². The summed E-state index contributed by atoms with van der Waals surface area (Å²) in [6.07, 6.45) is 1.84. The number of hydrogen-bond acceptors (Lipinski definition) is 2. The Morgan fingerprint density at radius 2 is 0.891 bits per heavy atom. The highest BCUT2D eigenvalue weighted by Gasteiger charge is 2.16. The van der Waals surface area contributed by atoms with Crippen LogP contribution in [0.5, 0.6) is 0 Å². The minimum absolute atomic E-state index is 0.971. The molecule has 2 heteroatoms. The Hall–Kier alpha value is -6.12. The predicted octanol–water partition coefficient (Wildman–Crippen LogP) is 11.8. The molecule has 9 aromatic rings. The smallest absolute Gasteiger partial charge is 0.0794 e. The van der Waals surface area contributed by atoms with Crippen LogP contribution in [0.3, 0.4) is 0 Å². The Balaban J connectivity index is 1.32. The zero-order valence-electron chi connectivity index (χ0n) is 25.1. The summed E-state index contributed by atoms with van der Waals surface area (Å²) in [6.45, 7) is 0. The molecule has 2 nitrogen and oxygen atoms in total. The van der Waals surface area contributed by atoms with Gasteiger partial charge in [-0.2, -0.15) is 0 Å². The number of pyridine rings is 2. The summed E-state index contributed by atoms with van der Waals surface area (Å²) in [5.74, 6) is 0. The van der Waals surface area contributed by atoms with Crippen LogP contribution < -0.4 is 0 Å². The second-order valence-electron chi connectivity index (χ2n) is 11.8. The number of nitrogens with zero attached hydrogens (tertiary/aromatic N) is 2. The normalized spacial score (nSPS) is 11.5. The fraction of sp³-hybridized carbons (Fsp3) is 0. The summed E-state index contributed by atoms with van der Waals surface area (Å²) in [4.78, 5) is 9.96. The molecular formula is C44H28N2. The third-order valence-corrected chi connectivity index (χ3v) is 9.08. The molecule has 0 N–H and O–H groups in total. The topological polar surface area (TPSA) is 25.8 Å². The minimum atomic E-state index is 0.971. The molecule has 214 valence electrons. The van der Waals surface area contributed by atoms with Gasteiger partial charge in [0.25, 0.3) is 0 Å². The highest BCUT2D eigenvalue weighted by Crippen LogP contribution is 2.41. The molecule has 46 heavy (non-hydrogen) atoms. The van der Waals surface area contributed by atoms with Gasteiger partial charge in [-0.3, -0.25) is 4.98 Å². The van der Waals surface area contributed by atoms with Crippen molar-refractivity contribution in [3.8, 4) is 44.8 Å². The van der Waals surface area contributed by atoms with E-state index in [0.29, 0.717) is 0 Å². The molecule has 0 amide bonds. The number of fused-ring (bicyclic) bond motifs is 5. The summed E-state index contributed by atoms with van der Waals surface area (Å²) in [5, 5.41) is 8.38. The standard InChI is InChI=1S/C44H28N2/c1-3-11-33-25-35(22-16-29(33)9-1)40-28-43(36-23-17-30-10-2-4-12-34(30)26-36)46-44-38-14-6-5-13-37(38)39(27-41(40)44)31-18-20-32(21-19-31)42-15-7-8-24-45-42/h1-28H. The Labute approximate surface area is 267 Å². The van der Waals surface area contributed by atoms with Crippen molar-refractivity contribution in [3.63, 3.8) is 0 Å². The molecule has 2 aromatic heterocycles. The van der Waals surface area contributed by atoms with Crippen LogP contribution in [0.2, 0.25) is 0 Å². The van der Waals surface area contributed by atoms with Crippen molar-refractivity contribution in [2.24, 2.45) is 0 Å². The summed E-state index contributed by atoms with van der Waals surface area (Å²) in [7, 11) is 0. The van der Waals surface area contributed by atoms with Crippen molar-refractivity contribution >= 4 is 43.2 Å². The lowest BCUT2D eigenvalue weighted by Gasteiger charge is -2.16. The van der Waals surface area contributed by atoms with E-state index in [2.05, 4.69) is 157 Å². The minimum Gasteiger partial charge on any atom is -0.256 e. The molecule has 0 atom stereocenters. The van der Waals surface area contributed by atoms with E-state index in [0.717, 1.165) is 38.8 Å². The molecule has 0 saturated heterocycles. The zero-order valence-corrected chi connectivity index (χ0v) is 25.1. The molecule has 0 bridgehead atoms. The monoisotopic (exact) mass is 584 g/mol. The number of rotatable bonds is 4. The van der Waals surface area contributed by atoms with Crippen LogP contribution >= 0.6 is 0 Å². The molecule has 9 rings (SSSR count). The molecule has 7 aromatic carbocycles. The van der Waals surface area contributed by atoms with E-state index in [1.165, 1.54) is 49.2 Å². The van der Waals surface area contributed by atoms with Gasteiger partial charge in [0.15, 0.2) is 0 Å². The van der Waals surface area contributed by atoms with Crippen molar-refractivity contribution in [3.05, 3.63) is 170 Å². The Morgan fingerprint density at radius 3 is 1.61 bits per heavy atom. The van der Waals surface area contributed by atoms with E-state index in [-0.39, 0.29) is 0 Å². The van der Waals surface area contributed by atoms with E-state index >= 15 is 0 Å². The molecular weight excluding hydrogens is 556 g/mol. The van der Waals surface area contributed by atoms with Crippen molar-refractivity contribution in [2.75, 3.05) is 0 Å². The molecule has 0 aliphatic heterocycles. The molecule has 0 fully saturated rings. The Morgan fingerprint density at radius 1 is 0.326 bits per heavy atom. The average Bonchev–Trinajstić information content (AvgIpc) is 3.14. The molecule has 2 heterocycles. The van der Waals surface area contributed by atoms with Gasteiger partial charge in [-0.05, 0) is 85.6 Å². The van der Waals surface area contributed by atoms with Gasteiger partial charge >= 0.3 is 0 Å². The van der Waals surface area contributed by atoms with E-state index in [4.69, 9.17) is 4.98 Å². The summed E-state index contributed by atoms with van der Waals surface area (Å²) in [5.41, 5.74) is 9.89. The molecule has 0 saturated carbocycles. The first-order chi connectivity index (χ1) is 22.8. The molecule has 0 radical (unpaired) electrons. The van der Waals surface area contributed by atoms with Crippen molar-refractivity contribution in [2.45, 2.75) is 0 Å². The Kier molecular flexibility index (Phi) is 6.17. The third kappa shape index (κ3) is 4.51. The molecule has 0 aliphatic carbocycles. The van der Waals surface area contributed by atoms with Crippen LogP contribution in [0.15, 0.2) is 170 Å². The first-order valence-electron chi connectivity index (χ1n) is 15.7. The summed E-state index contributed by atoms with van der Waals surface area (Å²) in [6, 6.07) is 58.6. The summed E-state index contributed by atoms with van der Waals surface area (Å²) < 4.78 is 0. The third-order valence-electron chi connectivity index (χ3n) is 9.08. The zero-order chi connectivity index (χ0) is 30.5. The molecule has 0 spiro atoms. The van der Waals surface area contributed by atoms with Gasteiger partial charge in [-0.25, -0.2) is 4.98 Å². The maximum atomic E-state index is 5.41. The van der Waals surface area contributed by atoms with Gasteiger partial charge in [-0.15, -0.1) is 0 Å². The van der Waals surface area contributed by atoms with Crippen LogP contribution in [0, 0.1) is 0 Å². The van der Waals surface area contributed by atoms with Crippen LogP contribution in [-0.2, 0) is 0 Å². The lowest BCUT2D eigenvalue weighted by molar-refractivity contribution is 1.33. The van der Waals surface area contributed by atoms with E-state index in [9.17, 15) is 0 Å². The number of benzene rings is 7. The van der Waals surface area contributed by atoms with Crippen molar-refractivity contribution in [1.29, 1.82) is 0 Å². The second kappa shape index (κ2) is 10.8. The Bertz CT molecular complexity index is 2570. The first-order valence-corrected chi connectivity index (χ1v) is 15.7. The highest BCUT2D eigenvalue weighted by atomic mass is 14.7. The SMILES string of the molecule is c1ccc(-c2ccc(-c3cc4c(-c5ccc6ccccc6c5)cc(-c5ccc6ccccc6c5)nc4c4ccccc34)cc2)nc1. The fourth-order valence-electron chi connectivity index (χ4n) is 6.74. The van der Waals surface area contributed by atoms with Gasteiger partial charge < -0.3 is 0 Å². The largest absolute Gasteiger partial charge is 0.256 e. The van der Waals surface area contributed by atoms with E-state index < -0.39 is 0 Å². The van der Waals surface area contributed by atoms with E-state index in [1.807, 2.05) is 18.3 Å². The van der Waals surface area contributed by atoms with Gasteiger partial charge in [0.05, 0.1) is 16.9 Å². The lowest BCUT2D eigenvalue weighted by atomic mass is 9.90. The maximum absolute atomic E-state index is 5.41. The van der Waals surface area contributed by atoms with Crippen LogP contribution in [0.4, 0.5) is 0 Å².